The molecule has 2 rings (SSSR count). The highest BCUT2D eigenvalue weighted by Crippen LogP contribution is 2.23. The van der Waals surface area contributed by atoms with Gasteiger partial charge in [-0.1, -0.05) is 31.5 Å². The van der Waals surface area contributed by atoms with Crippen LogP contribution in [0.2, 0.25) is 0 Å². The Bertz CT molecular complexity index is 557. The van der Waals surface area contributed by atoms with E-state index in [0.717, 1.165) is 36.0 Å². The molecule has 0 aliphatic heterocycles. The third-order valence-corrected chi connectivity index (χ3v) is 2.61. The topological polar surface area (TPSA) is 61.6 Å². The van der Waals surface area contributed by atoms with Crippen LogP contribution in [-0.2, 0) is 0 Å². The molecule has 0 atom stereocenters. The molecule has 1 aromatic heterocycles. The Morgan fingerprint density at radius 1 is 1.29 bits per heavy atom. The minimum absolute atomic E-state index is 0.361. The smallest absolute Gasteiger partial charge is 0.186 e. The van der Waals surface area contributed by atoms with Crippen LogP contribution in [0.25, 0.3) is 10.9 Å². The summed E-state index contributed by atoms with van der Waals surface area (Å²) in [5.41, 5.74) is 1.97. The van der Waals surface area contributed by atoms with Crippen molar-refractivity contribution in [2.45, 2.75) is 19.8 Å². The number of nitriles is 1. The minimum atomic E-state index is 0.361. The quantitative estimate of drug-likeness (QED) is 0.814. The average molecular weight is 226 g/mol. The fraction of sp³-hybridized carbons (Fsp3) is 0.308. The summed E-state index contributed by atoms with van der Waals surface area (Å²) in [5.74, 6) is 0. The molecular weight excluding hydrogens is 212 g/mol. The van der Waals surface area contributed by atoms with Crippen LogP contribution in [0.3, 0.4) is 0 Å². The van der Waals surface area contributed by atoms with E-state index in [1.165, 1.54) is 0 Å². The summed E-state index contributed by atoms with van der Waals surface area (Å²) in [7, 11) is 0. The first-order valence-electron chi connectivity index (χ1n) is 5.76. The van der Waals surface area contributed by atoms with Gasteiger partial charge in [-0.05, 0) is 12.5 Å². The van der Waals surface area contributed by atoms with Gasteiger partial charge in [0.1, 0.15) is 6.07 Å². The van der Waals surface area contributed by atoms with Gasteiger partial charge in [-0.3, -0.25) is 0 Å². The van der Waals surface area contributed by atoms with Crippen LogP contribution in [-0.4, -0.2) is 16.7 Å². The number of benzene rings is 1. The highest BCUT2D eigenvalue weighted by Gasteiger charge is 2.08. The summed E-state index contributed by atoms with van der Waals surface area (Å²) in [6, 6.07) is 9.79. The molecule has 0 unspecified atom stereocenters. The standard InChI is InChI=1S/C13H14N4/c1-2-3-8-15-13-10-6-4-5-7-11(10)16-17-12(13)9-14/h4-7H,2-3,8H2,1H3,(H,15,16). The van der Waals surface area contributed by atoms with Crippen molar-refractivity contribution in [1.82, 2.24) is 10.2 Å². The summed E-state index contributed by atoms with van der Waals surface area (Å²) >= 11 is 0. The second-order valence-corrected chi connectivity index (χ2v) is 3.83. The van der Waals surface area contributed by atoms with Crippen molar-refractivity contribution in [1.29, 1.82) is 5.26 Å². The van der Waals surface area contributed by atoms with Gasteiger partial charge in [0, 0.05) is 11.9 Å². The van der Waals surface area contributed by atoms with E-state index >= 15 is 0 Å². The molecule has 4 nitrogen and oxygen atoms in total. The van der Waals surface area contributed by atoms with Gasteiger partial charge >= 0.3 is 0 Å². The maximum atomic E-state index is 9.04. The van der Waals surface area contributed by atoms with Crippen LogP contribution >= 0.6 is 0 Å². The van der Waals surface area contributed by atoms with Crippen LogP contribution in [0.15, 0.2) is 24.3 Å². The molecule has 0 radical (unpaired) electrons. The molecule has 1 heterocycles. The van der Waals surface area contributed by atoms with Crippen molar-refractivity contribution in [3.63, 3.8) is 0 Å². The van der Waals surface area contributed by atoms with Crippen LogP contribution in [0.1, 0.15) is 25.5 Å². The van der Waals surface area contributed by atoms with Gasteiger partial charge in [0.05, 0.1) is 11.2 Å². The maximum absolute atomic E-state index is 9.04. The van der Waals surface area contributed by atoms with Gasteiger partial charge in [-0.25, -0.2) is 0 Å². The molecule has 0 fully saturated rings. The number of rotatable bonds is 4. The molecule has 0 spiro atoms. The van der Waals surface area contributed by atoms with E-state index in [9.17, 15) is 0 Å². The summed E-state index contributed by atoms with van der Waals surface area (Å²) < 4.78 is 0. The maximum Gasteiger partial charge on any atom is 0.186 e. The van der Waals surface area contributed by atoms with E-state index in [1.54, 1.807) is 0 Å². The summed E-state index contributed by atoms with van der Waals surface area (Å²) in [6.45, 7) is 2.98. The molecule has 0 bridgehead atoms. The van der Waals surface area contributed by atoms with Gasteiger partial charge in [-0.15, -0.1) is 10.2 Å². The highest BCUT2D eigenvalue weighted by atomic mass is 15.1. The van der Waals surface area contributed by atoms with E-state index in [4.69, 9.17) is 5.26 Å². The van der Waals surface area contributed by atoms with Crippen molar-refractivity contribution in [2.24, 2.45) is 0 Å². The van der Waals surface area contributed by atoms with Crippen LogP contribution < -0.4 is 5.32 Å². The molecule has 1 N–H and O–H groups in total. The number of fused-ring (bicyclic) bond motifs is 1. The Morgan fingerprint density at radius 3 is 2.88 bits per heavy atom. The van der Waals surface area contributed by atoms with E-state index in [-0.39, 0.29) is 0 Å². The Balaban J connectivity index is 2.45. The Kier molecular flexibility index (Phi) is 3.51. The predicted molar refractivity (Wildman–Crippen MR) is 67.7 cm³/mol. The number of nitrogens with zero attached hydrogens (tertiary/aromatic N) is 3. The summed E-state index contributed by atoms with van der Waals surface area (Å²) in [4.78, 5) is 0. The van der Waals surface area contributed by atoms with Crippen molar-refractivity contribution >= 4 is 16.6 Å². The van der Waals surface area contributed by atoms with E-state index in [0.29, 0.717) is 5.69 Å². The van der Waals surface area contributed by atoms with Gasteiger partial charge in [-0.2, -0.15) is 5.26 Å². The predicted octanol–water partition coefficient (Wildman–Crippen LogP) is 2.71. The van der Waals surface area contributed by atoms with E-state index in [2.05, 4.69) is 28.5 Å². The molecule has 0 saturated carbocycles. The lowest BCUT2D eigenvalue weighted by atomic mass is 10.1. The minimum Gasteiger partial charge on any atom is -0.382 e. The fourth-order valence-electron chi connectivity index (χ4n) is 1.70. The zero-order chi connectivity index (χ0) is 12.1. The number of nitrogens with one attached hydrogen (secondary N) is 1. The molecule has 86 valence electrons. The molecule has 2 aromatic rings. The normalized spacial score (nSPS) is 10.1. The second-order valence-electron chi connectivity index (χ2n) is 3.83. The Morgan fingerprint density at radius 2 is 2.12 bits per heavy atom. The highest BCUT2D eigenvalue weighted by molar-refractivity contribution is 5.92. The molecule has 0 amide bonds. The number of unbranched alkanes of at least 4 members (excludes halogenated alkanes) is 1. The summed E-state index contributed by atoms with van der Waals surface area (Å²) in [6.07, 6.45) is 2.19. The lowest BCUT2D eigenvalue weighted by Crippen LogP contribution is -2.05. The van der Waals surface area contributed by atoms with Gasteiger partial charge in [0.15, 0.2) is 5.69 Å². The van der Waals surface area contributed by atoms with Crippen LogP contribution in [0.4, 0.5) is 5.69 Å². The zero-order valence-corrected chi connectivity index (χ0v) is 9.77. The monoisotopic (exact) mass is 226 g/mol. The van der Waals surface area contributed by atoms with Crippen LogP contribution in [0, 0.1) is 11.3 Å². The van der Waals surface area contributed by atoms with E-state index < -0.39 is 0 Å². The SMILES string of the molecule is CCCCNc1c(C#N)nnc2ccccc12. The van der Waals surface area contributed by atoms with Crippen molar-refractivity contribution in [3.8, 4) is 6.07 Å². The molecule has 0 saturated heterocycles. The lowest BCUT2D eigenvalue weighted by molar-refractivity contribution is 0.833. The first kappa shape index (κ1) is 11.3. The van der Waals surface area contributed by atoms with Gasteiger partial charge < -0.3 is 5.32 Å². The molecule has 17 heavy (non-hydrogen) atoms. The summed E-state index contributed by atoms with van der Waals surface area (Å²) in [5, 5.41) is 21.2. The van der Waals surface area contributed by atoms with Crippen molar-refractivity contribution in [3.05, 3.63) is 30.0 Å². The zero-order valence-electron chi connectivity index (χ0n) is 9.77. The van der Waals surface area contributed by atoms with Crippen molar-refractivity contribution < 1.29 is 0 Å². The first-order chi connectivity index (χ1) is 8.36. The third kappa shape index (κ3) is 2.34. The number of aromatic nitrogens is 2. The Labute approximate surface area is 100 Å². The Hall–Kier alpha value is -2.15. The number of anilines is 1. The average Bonchev–Trinajstić information content (AvgIpc) is 2.39. The number of hydrogen-bond acceptors (Lipinski definition) is 4. The second kappa shape index (κ2) is 5.26. The third-order valence-electron chi connectivity index (χ3n) is 2.61. The van der Waals surface area contributed by atoms with Gasteiger partial charge in [0.2, 0.25) is 0 Å². The molecule has 0 aliphatic rings. The van der Waals surface area contributed by atoms with Crippen LogP contribution in [0.5, 0.6) is 0 Å². The largest absolute Gasteiger partial charge is 0.382 e. The van der Waals surface area contributed by atoms with Crippen molar-refractivity contribution in [2.75, 3.05) is 11.9 Å². The lowest BCUT2D eigenvalue weighted by Gasteiger charge is -2.09. The fourth-order valence-corrected chi connectivity index (χ4v) is 1.70. The molecule has 1 aromatic carbocycles. The number of hydrogen-bond donors (Lipinski definition) is 1. The van der Waals surface area contributed by atoms with Gasteiger partial charge in [0.25, 0.3) is 0 Å². The first-order valence-corrected chi connectivity index (χ1v) is 5.76. The molecule has 0 aliphatic carbocycles. The molecular formula is C13H14N4. The molecule has 4 heteroatoms. The van der Waals surface area contributed by atoms with E-state index in [1.807, 2.05) is 24.3 Å².